The third-order valence-electron chi connectivity index (χ3n) is 3.67. The van der Waals surface area contributed by atoms with E-state index >= 15 is 0 Å². The summed E-state index contributed by atoms with van der Waals surface area (Å²) >= 11 is 1.74. The van der Waals surface area contributed by atoms with E-state index in [1.165, 1.54) is 0 Å². The van der Waals surface area contributed by atoms with Crippen molar-refractivity contribution in [3.05, 3.63) is 35.4 Å². The minimum atomic E-state index is -1.12. The summed E-state index contributed by atoms with van der Waals surface area (Å²) in [4.78, 5) is 13.9. The lowest BCUT2D eigenvalue weighted by atomic mass is 9.98. The van der Waals surface area contributed by atoms with E-state index in [-0.39, 0.29) is 11.2 Å². The Morgan fingerprint density at radius 1 is 1.47 bits per heavy atom. The summed E-state index contributed by atoms with van der Waals surface area (Å²) in [6.45, 7) is 2.64. The fourth-order valence-electron chi connectivity index (χ4n) is 2.75. The van der Waals surface area contributed by atoms with Crippen molar-refractivity contribution in [2.24, 2.45) is 0 Å². The molecule has 0 bridgehead atoms. The van der Waals surface area contributed by atoms with Crippen LogP contribution >= 0.6 is 11.8 Å². The number of hydrogen-bond donors (Lipinski definition) is 1. The standard InChI is InChI=1S/C13H15NO2S/c1-9-13(16)11-6-3-2-5-10(11)12(15)14(13)7-4-8-17-9/h2-3,5-6,9,16H,4,7-8H2,1H3/t9-,13+/m1/s1. The maximum atomic E-state index is 12.3. The molecule has 3 rings (SSSR count). The monoisotopic (exact) mass is 249 g/mol. The highest BCUT2D eigenvalue weighted by Gasteiger charge is 2.52. The van der Waals surface area contributed by atoms with Crippen molar-refractivity contribution in [1.82, 2.24) is 4.90 Å². The average Bonchev–Trinajstić information content (AvgIpc) is 2.47. The van der Waals surface area contributed by atoms with Gasteiger partial charge in [-0.05, 0) is 25.2 Å². The number of nitrogens with zero attached hydrogens (tertiary/aromatic N) is 1. The van der Waals surface area contributed by atoms with Gasteiger partial charge in [-0.1, -0.05) is 18.2 Å². The van der Waals surface area contributed by atoms with E-state index < -0.39 is 5.72 Å². The second-order valence-electron chi connectivity index (χ2n) is 4.60. The molecule has 1 aromatic rings. The van der Waals surface area contributed by atoms with E-state index in [0.717, 1.165) is 17.7 Å². The quantitative estimate of drug-likeness (QED) is 0.762. The zero-order chi connectivity index (χ0) is 12.0. The number of amides is 1. The third kappa shape index (κ3) is 1.37. The SMILES string of the molecule is C[C@H]1SCCCN2C(=O)c3ccccc3[C@@]12O. The molecule has 90 valence electrons. The lowest BCUT2D eigenvalue weighted by Gasteiger charge is -2.36. The van der Waals surface area contributed by atoms with E-state index in [1.54, 1.807) is 16.7 Å². The predicted molar refractivity (Wildman–Crippen MR) is 67.9 cm³/mol. The summed E-state index contributed by atoms with van der Waals surface area (Å²) in [6, 6.07) is 7.41. The Morgan fingerprint density at radius 3 is 3.06 bits per heavy atom. The molecule has 1 fully saturated rings. The zero-order valence-corrected chi connectivity index (χ0v) is 10.5. The molecule has 2 heterocycles. The number of thioether (sulfide) groups is 1. The summed E-state index contributed by atoms with van der Waals surface area (Å²) in [5.74, 6) is 0.965. The van der Waals surface area contributed by atoms with Crippen LogP contribution in [0.1, 0.15) is 29.3 Å². The molecule has 2 aliphatic heterocycles. The van der Waals surface area contributed by atoms with Crippen molar-refractivity contribution >= 4 is 17.7 Å². The molecule has 3 nitrogen and oxygen atoms in total. The van der Waals surface area contributed by atoms with Crippen molar-refractivity contribution in [2.45, 2.75) is 24.3 Å². The molecule has 0 saturated carbocycles. The molecule has 0 radical (unpaired) electrons. The Bertz CT molecular complexity index is 476. The number of rotatable bonds is 0. The first-order valence-corrected chi connectivity index (χ1v) is 6.96. The number of aliphatic hydroxyl groups is 1. The van der Waals surface area contributed by atoms with Crippen LogP contribution in [0.25, 0.3) is 0 Å². The minimum absolute atomic E-state index is 0.0117. The zero-order valence-electron chi connectivity index (χ0n) is 9.72. The van der Waals surface area contributed by atoms with Gasteiger partial charge in [0, 0.05) is 17.7 Å². The second-order valence-corrected chi connectivity index (χ2v) is 6.04. The van der Waals surface area contributed by atoms with Crippen LogP contribution in [0.2, 0.25) is 0 Å². The van der Waals surface area contributed by atoms with E-state index in [1.807, 2.05) is 31.2 Å². The summed E-state index contributed by atoms with van der Waals surface area (Å²) < 4.78 is 0. The molecular weight excluding hydrogens is 234 g/mol. The van der Waals surface area contributed by atoms with Gasteiger partial charge in [0.15, 0.2) is 5.72 Å². The van der Waals surface area contributed by atoms with Crippen LogP contribution in [0.15, 0.2) is 24.3 Å². The fourth-order valence-corrected chi connectivity index (χ4v) is 3.88. The van der Waals surface area contributed by atoms with Crippen molar-refractivity contribution in [1.29, 1.82) is 0 Å². The lowest BCUT2D eigenvalue weighted by molar-refractivity contribution is -0.0800. The molecule has 0 aromatic heterocycles. The second kappa shape index (κ2) is 3.75. The van der Waals surface area contributed by atoms with Gasteiger partial charge in [0.05, 0.1) is 5.25 Å². The first-order valence-electron chi connectivity index (χ1n) is 5.91. The number of benzene rings is 1. The van der Waals surface area contributed by atoms with Gasteiger partial charge in [0.2, 0.25) is 0 Å². The molecule has 0 spiro atoms. The van der Waals surface area contributed by atoms with Gasteiger partial charge in [0.1, 0.15) is 0 Å². The van der Waals surface area contributed by atoms with Gasteiger partial charge in [-0.2, -0.15) is 11.8 Å². The molecule has 1 saturated heterocycles. The fraction of sp³-hybridized carbons (Fsp3) is 0.462. The predicted octanol–water partition coefficient (Wildman–Crippen LogP) is 1.81. The van der Waals surface area contributed by atoms with Gasteiger partial charge in [0.25, 0.3) is 5.91 Å². The van der Waals surface area contributed by atoms with Gasteiger partial charge in [-0.25, -0.2) is 0 Å². The number of carbonyl (C=O) groups excluding carboxylic acids is 1. The highest BCUT2D eigenvalue weighted by atomic mass is 32.2. The van der Waals surface area contributed by atoms with Crippen LogP contribution < -0.4 is 0 Å². The van der Waals surface area contributed by atoms with Crippen LogP contribution in [0, 0.1) is 0 Å². The smallest absolute Gasteiger partial charge is 0.256 e. The largest absolute Gasteiger partial charge is 0.366 e. The molecule has 0 aliphatic carbocycles. The first-order chi connectivity index (χ1) is 8.15. The van der Waals surface area contributed by atoms with E-state index in [2.05, 4.69) is 0 Å². The number of carbonyl (C=O) groups is 1. The Hall–Kier alpha value is -1.00. The maximum Gasteiger partial charge on any atom is 0.256 e. The number of fused-ring (bicyclic) bond motifs is 3. The van der Waals surface area contributed by atoms with Crippen molar-refractivity contribution < 1.29 is 9.90 Å². The van der Waals surface area contributed by atoms with E-state index in [4.69, 9.17) is 0 Å². The van der Waals surface area contributed by atoms with E-state index in [9.17, 15) is 9.90 Å². The molecule has 17 heavy (non-hydrogen) atoms. The van der Waals surface area contributed by atoms with Crippen LogP contribution in [0.3, 0.4) is 0 Å². The normalized spacial score (nSPS) is 32.0. The average molecular weight is 249 g/mol. The number of hydrogen-bond acceptors (Lipinski definition) is 3. The molecule has 1 amide bonds. The molecule has 4 heteroatoms. The molecule has 1 aromatic carbocycles. The topological polar surface area (TPSA) is 40.5 Å². The first kappa shape index (κ1) is 11.1. The summed E-state index contributed by atoms with van der Waals surface area (Å²) in [7, 11) is 0. The van der Waals surface area contributed by atoms with Crippen LogP contribution in [0.4, 0.5) is 0 Å². The Labute approximate surface area is 105 Å². The van der Waals surface area contributed by atoms with Crippen molar-refractivity contribution in [3.63, 3.8) is 0 Å². The van der Waals surface area contributed by atoms with Gasteiger partial charge in [-0.15, -0.1) is 0 Å². The highest BCUT2D eigenvalue weighted by Crippen LogP contribution is 2.45. The summed E-state index contributed by atoms with van der Waals surface area (Å²) in [6.07, 6.45) is 0.942. The van der Waals surface area contributed by atoms with Gasteiger partial charge >= 0.3 is 0 Å². The highest BCUT2D eigenvalue weighted by molar-refractivity contribution is 7.99. The Kier molecular flexibility index (Phi) is 2.45. The maximum absolute atomic E-state index is 12.3. The van der Waals surface area contributed by atoms with Crippen LogP contribution in [-0.2, 0) is 5.72 Å². The lowest BCUT2D eigenvalue weighted by Crippen LogP contribution is -2.49. The molecule has 2 aliphatic rings. The summed E-state index contributed by atoms with van der Waals surface area (Å²) in [5, 5.41) is 11.0. The van der Waals surface area contributed by atoms with Gasteiger partial charge in [-0.3, -0.25) is 4.79 Å². The molecule has 0 unspecified atom stereocenters. The molecule has 2 atom stereocenters. The van der Waals surface area contributed by atoms with Crippen molar-refractivity contribution in [3.8, 4) is 0 Å². The minimum Gasteiger partial charge on any atom is -0.366 e. The van der Waals surface area contributed by atoms with Crippen LogP contribution in [-0.4, -0.2) is 33.5 Å². The Balaban J connectivity index is 2.19. The van der Waals surface area contributed by atoms with Crippen molar-refractivity contribution in [2.75, 3.05) is 12.3 Å². The molecular formula is C13H15NO2S. The summed E-state index contributed by atoms with van der Waals surface area (Å²) in [5.41, 5.74) is 0.311. The van der Waals surface area contributed by atoms with E-state index in [0.29, 0.717) is 12.1 Å². The molecule has 1 N–H and O–H groups in total. The van der Waals surface area contributed by atoms with Crippen LogP contribution in [0.5, 0.6) is 0 Å². The Morgan fingerprint density at radius 2 is 2.24 bits per heavy atom. The van der Waals surface area contributed by atoms with Gasteiger partial charge < -0.3 is 10.0 Å². The third-order valence-corrected chi connectivity index (χ3v) is 5.02.